The zero-order chi connectivity index (χ0) is 16.5. The Morgan fingerprint density at radius 3 is 2.57 bits per heavy atom. The van der Waals surface area contributed by atoms with Crippen molar-refractivity contribution < 1.29 is 4.79 Å². The second kappa shape index (κ2) is 9.15. The number of carbonyl (C=O) groups is 1. The first-order valence-electron chi connectivity index (χ1n) is 8.21. The van der Waals surface area contributed by atoms with Crippen LogP contribution < -0.4 is 11.1 Å². The van der Waals surface area contributed by atoms with E-state index in [1.165, 1.54) is 5.56 Å². The summed E-state index contributed by atoms with van der Waals surface area (Å²) in [5, 5.41) is 3.15. The van der Waals surface area contributed by atoms with Crippen LogP contribution in [0.2, 0.25) is 0 Å². The highest BCUT2D eigenvalue weighted by Gasteiger charge is 2.17. The Morgan fingerprint density at radius 1 is 1.22 bits per heavy atom. The maximum Gasteiger partial charge on any atom is 0.219 e. The Bertz CT molecular complexity index is 509. The summed E-state index contributed by atoms with van der Waals surface area (Å²) in [5.41, 5.74) is 7.17. The molecule has 6 nitrogen and oxygen atoms in total. The molecule has 3 N–H and O–H groups in total. The number of nitrogens with one attached hydrogen (secondary N) is 1. The van der Waals surface area contributed by atoms with Crippen molar-refractivity contribution in [2.24, 2.45) is 10.7 Å². The Morgan fingerprint density at radius 2 is 1.91 bits per heavy atom. The van der Waals surface area contributed by atoms with Crippen molar-refractivity contribution in [3.05, 3.63) is 35.9 Å². The van der Waals surface area contributed by atoms with E-state index in [0.717, 1.165) is 45.7 Å². The highest BCUT2D eigenvalue weighted by atomic mass is 16.2. The SMILES string of the molecule is CC(=O)N1CCN(CCN=C(N)NCCc2ccccc2)CC1. The van der Waals surface area contributed by atoms with Crippen molar-refractivity contribution >= 4 is 11.9 Å². The lowest BCUT2D eigenvalue weighted by atomic mass is 10.1. The lowest BCUT2D eigenvalue weighted by Crippen LogP contribution is -2.48. The van der Waals surface area contributed by atoms with E-state index in [4.69, 9.17) is 5.73 Å². The third-order valence-corrected chi connectivity index (χ3v) is 4.08. The molecule has 0 aromatic heterocycles. The minimum Gasteiger partial charge on any atom is -0.370 e. The van der Waals surface area contributed by atoms with Crippen LogP contribution in [0.4, 0.5) is 0 Å². The van der Waals surface area contributed by atoms with E-state index in [-0.39, 0.29) is 5.91 Å². The summed E-state index contributed by atoms with van der Waals surface area (Å²) in [5.74, 6) is 0.665. The maximum absolute atomic E-state index is 11.3. The van der Waals surface area contributed by atoms with Gasteiger partial charge in [0.1, 0.15) is 0 Å². The largest absolute Gasteiger partial charge is 0.370 e. The molecule has 6 heteroatoms. The predicted octanol–water partition coefficient (Wildman–Crippen LogP) is 0.298. The van der Waals surface area contributed by atoms with Gasteiger partial charge < -0.3 is 16.0 Å². The number of benzene rings is 1. The Kier molecular flexibility index (Phi) is 6.87. The van der Waals surface area contributed by atoms with Crippen molar-refractivity contribution in [3.8, 4) is 0 Å². The number of piperazine rings is 1. The van der Waals surface area contributed by atoms with Crippen LogP contribution in [0, 0.1) is 0 Å². The fourth-order valence-electron chi connectivity index (χ4n) is 2.63. The van der Waals surface area contributed by atoms with E-state index < -0.39 is 0 Å². The van der Waals surface area contributed by atoms with Crippen LogP contribution in [0.1, 0.15) is 12.5 Å². The zero-order valence-corrected chi connectivity index (χ0v) is 13.9. The summed E-state index contributed by atoms with van der Waals surface area (Å²) in [4.78, 5) is 19.8. The van der Waals surface area contributed by atoms with Crippen molar-refractivity contribution in [3.63, 3.8) is 0 Å². The van der Waals surface area contributed by atoms with E-state index in [2.05, 4.69) is 27.3 Å². The van der Waals surface area contributed by atoms with Crippen LogP contribution >= 0.6 is 0 Å². The average Bonchev–Trinajstić information content (AvgIpc) is 2.56. The number of rotatable bonds is 6. The molecule has 126 valence electrons. The Hall–Kier alpha value is -2.08. The van der Waals surface area contributed by atoms with Gasteiger partial charge in [0.15, 0.2) is 5.96 Å². The van der Waals surface area contributed by atoms with Gasteiger partial charge in [0.05, 0.1) is 6.54 Å². The molecule has 0 unspecified atom stereocenters. The van der Waals surface area contributed by atoms with Gasteiger partial charge in [-0.3, -0.25) is 14.7 Å². The summed E-state index contributed by atoms with van der Waals surface area (Å²) in [7, 11) is 0. The first-order valence-corrected chi connectivity index (χ1v) is 8.21. The van der Waals surface area contributed by atoms with E-state index in [1.807, 2.05) is 23.1 Å². The number of nitrogens with zero attached hydrogens (tertiary/aromatic N) is 3. The standard InChI is InChI=1S/C17H27N5O/c1-15(23)22-13-11-21(12-14-22)10-9-20-17(18)19-8-7-16-5-3-2-4-6-16/h2-6H,7-14H2,1H3,(H3,18,19,20). The molecule has 1 aliphatic rings. The first kappa shape index (κ1) is 17.3. The molecule has 1 aliphatic heterocycles. The fraction of sp³-hybridized carbons (Fsp3) is 0.529. The fourth-order valence-corrected chi connectivity index (χ4v) is 2.63. The topological polar surface area (TPSA) is 74.0 Å². The summed E-state index contributed by atoms with van der Waals surface area (Å²) >= 11 is 0. The maximum atomic E-state index is 11.3. The molecule has 1 saturated heterocycles. The van der Waals surface area contributed by atoms with Gasteiger partial charge in [0, 0.05) is 46.2 Å². The normalized spacial score (nSPS) is 16.4. The van der Waals surface area contributed by atoms with E-state index in [1.54, 1.807) is 6.92 Å². The van der Waals surface area contributed by atoms with Crippen molar-refractivity contribution in [1.82, 2.24) is 15.1 Å². The van der Waals surface area contributed by atoms with Crippen LogP contribution in [-0.4, -0.2) is 67.5 Å². The highest BCUT2D eigenvalue weighted by Crippen LogP contribution is 2.01. The molecule has 0 radical (unpaired) electrons. The molecule has 1 aromatic carbocycles. The van der Waals surface area contributed by atoms with Crippen LogP contribution in [0.25, 0.3) is 0 Å². The quantitative estimate of drug-likeness (QED) is 0.584. The van der Waals surface area contributed by atoms with Gasteiger partial charge in [-0.05, 0) is 12.0 Å². The first-order chi connectivity index (χ1) is 11.1. The van der Waals surface area contributed by atoms with Gasteiger partial charge in [-0.2, -0.15) is 0 Å². The van der Waals surface area contributed by atoms with Crippen molar-refractivity contribution in [2.75, 3.05) is 45.8 Å². The summed E-state index contributed by atoms with van der Waals surface area (Å²) in [6, 6.07) is 10.3. The van der Waals surface area contributed by atoms with Gasteiger partial charge in [-0.25, -0.2) is 0 Å². The average molecular weight is 317 g/mol. The molecular weight excluding hydrogens is 290 g/mol. The molecule has 0 bridgehead atoms. The van der Waals surface area contributed by atoms with Gasteiger partial charge in [-0.1, -0.05) is 30.3 Å². The molecule has 0 saturated carbocycles. The minimum atomic E-state index is 0.162. The van der Waals surface area contributed by atoms with Gasteiger partial charge >= 0.3 is 0 Å². The predicted molar refractivity (Wildman–Crippen MR) is 93.3 cm³/mol. The monoisotopic (exact) mass is 317 g/mol. The summed E-state index contributed by atoms with van der Waals surface area (Å²) in [6.07, 6.45) is 0.935. The Labute approximate surface area is 138 Å². The third-order valence-electron chi connectivity index (χ3n) is 4.08. The summed E-state index contributed by atoms with van der Waals surface area (Å²) < 4.78 is 0. The molecule has 1 heterocycles. The van der Waals surface area contributed by atoms with Crippen molar-refractivity contribution in [2.45, 2.75) is 13.3 Å². The second-order valence-corrected chi connectivity index (χ2v) is 5.78. The minimum absolute atomic E-state index is 0.162. The lowest BCUT2D eigenvalue weighted by Gasteiger charge is -2.33. The van der Waals surface area contributed by atoms with Gasteiger partial charge in [-0.15, -0.1) is 0 Å². The molecule has 1 amide bonds. The van der Waals surface area contributed by atoms with Crippen molar-refractivity contribution in [1.29, 1.82) is 0 Å². The van der Waals surface area contributed by atoms with E-state index in [9.17, 15) is 4.79 Å². The number of hydrogen-bond acceptors (Lipinski definition) is 3. The molecule has 2 rings (SSSR count). The molecule has 0 spiro atoms. The number of carbonyl (C=O) groups excluding carboxylic acids is 1. The highest BCUT2D eigenvalue weighted by molar-refractivity contribution is 5.77. The molecule has 23 heavy (non-hydrogen) atoms. The van der Waals surface area contributed by atoms with E-state index in [0.29, 0.717) is 12.5 Å². The summed E-state index contributed by atoms with van der Waals surface area (Å²) in [6.45, 7) is 7.43. The number of hydrogen-bond donors (Lipinski definition) is 2. The number of amides is 1. The smallest absolute Gasteiger partial charge is 0.219 e. The molecule has 0 aliphatic carbocycles. The Balaban J connectivity index is 1.59. The molecule has 1 aromatic rings. The zero-order valence-electron chi connectivity index (χ0n) is 13.9. The number of aliphatic imine (C=N–C) groups is 1. The van der Waals surface area contributed by atoms with Crippen LogP contribution in [0.15, 0.2) is 35.3 Å². The molecule has 0 atom stereocenters. The third kappa shape index (κ3) is 6.28. The second-order valence-electron chi connectivity index (χ2n) is 5.78. The van der Waals surface area contributed by atoms with Gasteiger partial charge in [0.25, 0.3) is 0 Å². The van der Waals surface area contributed by atoms with Gasteiger partial charge in [0.2, 0.25) is 5.91 Å². The van der Waals surface area contributed by atoms with Crippen LogP contribution in [0.3, 0.4) is 0 Å². The number of guanidine groups is 1. The lowest BCUT2D eigenvalue weighted by molar-refractivity contribution is -0.130. The van der Waals surface area contributed by atoms with Crippen LogP contribution in [-0.2, 0) is 11.2 Å². The number of nitrogens with two attached hydrogens (primary N) is 1. The van der Waals surface area contributed by atoms with E-state index >= 15 is 0 Å². The van der Waals surface area contributed by atoms with Crippen LogP contribution in [0.5, 0.6) is 0 Å². The molecular formula is C17H27N5O. The molecule has 1 fully saturated rings.